The summed E-state index contributed by atoms with van der Waals surface area (Å²) in [7, 11) is 1.42. The minimum Gasteiger partial charge on any atom is -0.480 e. The van der Waals surface area contributed by atoms with Gasteiger partial charge >= 0.3 is 6.03 Å². The number of imidazole rings is 1. The number of methoxy groups -OCH3 is 1. The van der Waals surface area contributed by atoms with Crippen molar-refractivity contribution < 1.29 is 9.53 Å². The SMILES string of the molecule is COc1ncc(NC(=O)Nc2cnn3cc(Cl)nc3c2C(C)C)cc1C#N. The molecule has 0 bridgehead atoms. The van der Waals surface area contributed by atoms with Crippen LogP contribution in [0, 0.1) is 11.3 Å². The number of anilines is 2. The molecular formula is C17H16ClN7O2. The molecule has 0 saturated heterocycles. The fourth-order valence-electron chi connectivity index (χ4n) is 2.64. The van der Waals surface area contributed by atoms with Gasteiger partial charge < -0.3 is 15.4 Å². The number of carbonyl (C=O) groups excluding carboxylic acids is 1. The molecule has 3 aromatic heterocycles. The van der Waals surface area contributed by atoms with Crippen LogP contribution in [0.1, 0.15) is 30.9 Å². The number of fused-ring (bicyclic) bond motifs is 1. The monoisotopic (exact) mass is 385 g/mol. The molecule has 0 aromatic carbocycles. The van der Waals surface area contributed by atoms with Gasteiger partial charge in [0, 0.05) is 5.56 Å². The number of hydrogen-bond donors (Lipinski definition) is 2. The van der Waals surface area contributed by atoms with E-state index in [2.05, 4.69) is 25.7 Å². The summed E-state index contributed by atoms with van der Waals surface area (Å²) in [4.78, 5) is 20.7. The summed E-state index contributed by atoms with van der Waals surface area (Å²) < 4.78 is 6.55. The van der Waals surface area contributed by atoms with E-state index in [1.807, 2.05) is 19.9 Å². The molecule has 3 aromatic rings. The van der Waals surface area contributed by atoms with Crippen molar-refractivity contribution in [3.63, 3.8) is 0 Å². The van der Waals surface area contributed by atoms with E-state index in [9.17, 15) is 4.79 Å². The molecule has 0 radical (unpaired) electrons. The third kappa shape index (κ3) is 3.75. The fourth-order valence-corrected chi connectivity index (χ4v) is 2.81. The molecule has 0 saturated carbocycles. The van der Waals surface area contributed by atoms with Gasteiger partial charge in [-0.1, -0.05) is 25.4 Å². The van der Waals surface area contributed by atoms with Crippen LogP contribution >= 0.6 is 11.6 Å². The van der Waals surface area contributed by atoms with Gasteiger partial charge in [-0.2, -0.15) is 10.4 Å². The van der Waals surface area contributed by atoms with Crippen LogP contribution in [0.5, 0.6) is 5.88 Å². The number of urea groups is 1. The normalized spacial score (nSPS) is 10.7. The van der Waals surface area contributed by atoms with Crippen molar-refractivity contribution in [3.8, 4) is 11.9 Å². The Bertz CT molecular complexity index is 1060. The third-order valence-electron chi connectivity index (χ3n) is 3.75. The third-order valence-corrected chi connectivity index (χ3v) is 3.93. The van der Waals surface area contributed by atoms with E-state index in [0.29, 0.717) is 22.2 Å². The van der Waals surface area contributed by atoms with Gasteiger partial charge in [-0.3, -0.25) is 0 Å². The van der Waals surface area contributed by atoms with Crippen molar-refractivity contribution in [1.29, 1.82) is 5.26 Å². The zero-order chi connectivity index (χ0) is 19.6. The van der Waals surface area contributed by atoms with Gasteiger partial charge in [-0.25, -0.2) is 19.3 Å². The van der Waals surface area contributed by atoms with Gasteiger partial charge in [-0.05, 0) is 12.0 Å². The number of amides is 2. The molecular weight excluding hydrogens is 370 g/mol. The van der Waals surface area contributed by atoms with E-state index in [0.717, 1.165) is 5.56 Å². The van der Waals surface area contributed by atoms with Crippen molar-refractivity contribution >= 4 is 34.7 Å². The van der Waals surface area contributed by atoms with Crippen LogP contribution in [0.4, 0.5) is 16.2 Å². The number of halogens is 1. The Morgan fingerprint density at radius 2 is 2.15 bits per heavy atom. The summed E-state index contributed by atoms with van der Waals surface area (Å²) in [5.41, 5.74) is 2.46. The summed E-state index contributed by atoms with van der Waals surface area (Å²) in [5, 5.41) is 19.0. The highest BCUT2D eigenvalue weighted by molar-refractivity contribution is 6.29. The second kappa shape index (κ2) is 7.47. The predicted octanol–water partition coefficient (Wildman–Crippen LogP) is 3.43. The van der Waals surface area contributed by atoms with Gasteiger partial charge in [0.05, 0.1) is 37.1 Å². The zero-order valence-electron chi connectivity index (χ0n) is 14.8. The van der Waals surface area contributed by atoms with E-state index in [4.69, 9.17) is 21.6 Å². The molecule has 10 heteroatoms. The summed E-state index contributed by atoms with van der Waals surface area (Å²) in [6, 6.07) is 2.94. The lowest BCUT2D eigenvalue weighted by atomic mass is 10.0. The standard InChI is InChI=1S/C17H16ClN7O2/c1-9(2)14-12(7-21-25-8-13(18)24-15(14)25)23-17(26)22-11-4-10(5-19)16(27-3)20-6-11/h4,6-9H,1-3H3,(H2,22,23,26). The summed E-state index contributed by atoms with van der Waals surface area (Å²) in [5.74, 6) is 0.258. The van der Waals surface area contributed by atoms with Gasteiger partial charge in [0.2, 0.25) is 5.88 Å². The molecule has 3 heterocycles. The molecule has 0 atom stereocenters. The Morgan fingerprint density at radius 3 is 2.81 bits per heavy atom. The Hall–Kier alpha value is -3.38. The summed E-state index contributed by atoms with van der Waals surface area (Å²) in [6.45, 7) is 3.96. The minimum absolute atomic E-state index is 0.0668. The predicted molar refractivity (Wildman–Crippen MR) is 100 cm³/mol. The minimum atomic E-state index is -0.503. The highest BCUT2D eigenvalue weighted by Crippen LogP contribution is 2.28. The number of aromatic nitrogens is 4. The van der Waals surface area contributed by atoms with Crippen molar-refractivity contribution in [2.45, 2.75) is 19.8 Å². The number of ether oxygens (including phenoxy) is 1. The molecule has 2 amide bonds. The molecule has 3 rings (SSSR count). The fraction of sp³-hybridized carbons (Fsp3) is 0.235. The molecule has 0 spiro atoms. The number of hydrogen-bond acceptors (Lipinski definition) is 6. The van der Waals surface area contributed by atoms with E-state index >= 15 is 0 Å². The Kier molecular flexibility index (Phi) is 5.09. The van der Waals surface area contributed by atoms with Crippen molar-refractivity contribution in [2.24, 2.45) is 0 Å². The smallest absolute Gasteiger partial charge is 0.323 e. The summed E-state index contributed by atoms with van der Waals surface area (Å²) >= 11 is 5.96. The topological polar surface area (TPSA) is 117 Å². The van der Waals surface area contributed by atoms with Crippen molar-refractivity contribution in [2.75, 3.05) is 17.7 Å². The molecule has 0 aliphatic rings. The maximum atomic E-state index is 12.4. The molecule has 0 fully saturated rings. The molecule has 2 N–H and O–H groups in total. The Morgan fingerprint density at radius 1 is 1.37 bits per heavy atom. The maximum absolute atomic E-state index is 12.4. The first-order chi connectivity index (χ1) is 12.9. The van der Waals surface area contributed by atoms with E-state index in [1.165, 1.54) is 25.6 Å². The average Bonchev–Trinajstić information content (AvgIpc) is 3.01. The van der Waals surface area contributed by atoms with E-state index < -0.39 is 6.03 Å². The second-order valence-electron chi connectivity index (χ2n) is 5.93. The van der Waals surface area contributed by atoms with E-state index in [-0.39, 0.29) is 17.4 Å². The first-order valence-electron chi connectivity index (χ1n) is 7.98. The highest BCUT2D eigenvalue weighted by Gasteiger charge is 2.17. The molecule has 0 aliphatic heterocycles. The second-order valence-corrected chi connectivity index (χ2v) is 6.32. The molecule has 27 heavy (non-hydrogen) atoms. The molecule has 9 nitrogen and oxygen atoms in total. The van der Waals surface area contributed by atoms with Crippen LogP contribution < -0.4 is 15.4 Å². The number of rotatable bonds is 4. The van der Waals surface area contributed by atoms with Crippen LogP contribution in [0.15, 0.2) is 24.7 Å². The lowest BCUT2D eigenvalue weighted by molar-refractivity contribution is 0.262. The Balaban J connectivity index is 1.86. The number of nitrogens with one attached hydrogen (secondary N) is 2. The summed E-state index contributed by atoms with van der Waals surface area (Å²) in [6.07, 6.45) is 4.53. The first-order valence-corrected chi connectivity index (χ1v) is 8.36. The van der Waals surface area contributed by atoms with Crippen molar-refractivity contribution in [3.05, 3.63) is 40.9 Å². The van der Waals surface area contributed by atoms with Gasteiger partial charge in [0.1, 0.15) is 16.8 Å². The van der Waals surface area contributed by atoms with Crippen LogP contribution in [-0.4, -0.2) is 32.7 Å². The van der Waals surface area contributed by atoms with Crippen LogP contribution in [-0.2, 0) is 0 Å². The lowest BCUT2D eigenvalue weighted by Crippen LogP contribution is -2.21. The Labute approximate surface area is 159 Å². The number of carbonyl (C=O) groups is 1. The lowest BCUT2D eigenvalue weighted by Gasteiger charge is -2.15. The largest absolute Gasteiger partial charge is 0.480 e. The van der Waals surface area contributed by atoms with Crippen LogP contribution in [0.2, 0.25) is 5.15 Å². The van der Waals surface area contributed by atoms with Gasteiger partial charge in [0.25, 0.3) is 0 Å². The van der Waals surface area contributed by atoms with Gasteiger partial charge in [0.15, 0.2) is 5.65 Å². The maximum Gasteiger partial charge on any atom is 0.323 e. The number of pyridine rings is 1. The van der Waals surface area contributed by atoms with Gasteiger partial charge in [-0.15, -0.1) is 0 Å². The number of nitriles is 1. The number of nitrogens with zero attached hydrogens (tertiary/aromatic N) is 5. The quantitative estimate of drug-likeness (QED) is 0.710. The zero-order valence-corrected chi connectivity index (χ0v) is 15.6. The highest BCUT2D eigenvalue weighted by atomic mass is 35.5. The van der Waals surface area contributed by atoms with Crippen molar-refractivity contribution in [1.82, 2.24) is 19.6 Å². The first kappa shape index (κ1) is 18.4. The van der Waals surface area contributed by atoms with Crippen LogP contribution in [0.25, 0.3) is 5.65 Å². The molecule has 0 aliphatic carbocycles. The average molecular weight is 386 g/mol. The van der Waals surface area contributed by atoms with E-state index in [1.54, 1.807) is 10.7 Å². The molecule has 0 unspecified atom stereocenters. The molecule has 138 valence electrons. The van der Waals surface area contributed by atoms with Crippen LogP contribution in [0.3, 0.4) is 0 Å².